The average Bonchev–Trinajstić information content (AvgIpc) is 2.35. The summed E-state index contributed by atoms with van der Waals surface area (Å²) >= 11 is 0. The smallest absolute Gasteiger partial charge is 0.312 e. The molecule has 1 rings (SSSR count). The second-order valence-corrected chi connectivity index (χ2v) is 4.76. The summed E-state index contributed by atoms with van der Waals surface area (Å²) in [5.74, 6) is -0.129. The van der Waals surface area contributed by atoms with E-state index in [-0.39, 0.29) is 24.4 Å². The third-order valence-corrected chi connectivity index (χ3v) is 3.12. The van der Waals surface area contributed by atoms with Gasteiger partial charge in [-0.2, -0.15) is 0 Å². The summed E-state index contributed by atoms with van der Waals surface area (Å²) in [4.78, 5) is 22.9. The normalized spacial score (nSPS) is 19.9. The fourth-order valence-corrected chi connectivity index (χ4v) is 2.13. The number of primary amides is 1. The first kappa shape index (κ1) is 18.0. The SMILES string of the molecule is CCCCC(NC(N)=O)C(=O)NC1CCCNC1.Cl. The maximum Gasteiger partial charge on any atom is 0.312 e. The highest BCUT2D eigenvalue weighted by Crippen LogP contribution is 2.05. The maximum atomic E-state index is 12.0. The number of rotatable bonds is 6. The Balaban J connectivity index is 0.00000324. The summed E-state index contributed by atoms with van der Waals surface area (Å²) in [6.07, 6.45) is 4.55. The van der Waals surface area contributed by atoms with Crippen molar-refractivity contribution in [3.8, 4) is 0 Å². The van der Waals surface area contributed by atoms with Crippen LogP contribution in [0, 0.1) is 0 Å². The maximum absolute atomic E-state index is 12.0. The van der Waals surface area contributed by atoms with E-state index in [9.17, 15) is 9.59 Å². The van der Waals surface area contributed by atoms with Crippen LogP contribution in [0.5, 0.6) is 0 Å². The molecular weight excluding hydrogens is 268 g/mol. The monoisotopic (exact) mass is 292 g/mol. The first-order chi connectivity index (χ1) is 8.63. The fraction of sp³-hybridized carbons (Fsp3) is 0.833. The minimum atomic E-state index is -0.645. The van der Waals surface area contributed by atoms with Crippen LogP contribution in [0.25, 0.3) is 0 Å². The number of hydrogen-bond donors (Lipinski definition) is 4. The lowest BCUT2D eigenvalue weighted by molar-refractivity contribution is -0.123. The van der Waals surface area contributed by atoms with Crippen LogP contribution in [0.1, 0.15) is 39.0 Å². The zero-order valence-electron chi connectivity index (χ0n) is 11.4. The Labute approximate surface area is 120 Å². The Hall–Kier alpha value is -1.01. The van der Waals surface area contributed by atoms with Gasteiger partial charge in [-0.05, 0) is 25.8 Å². The lowest BCUT2D eigenvalue weighted by Gasteiger charge is -2.26. The van der Waals surface area contributed by atoms with E-state index in [1.165, 1.54) is 0 Å². The van der Waals surface area contributed by atoms with Crippen molar-refractivity contribution in [2.75, 3.05) is 13.1 Å². The number of urea groups is 1. The predicted octanol–water partition coefficient (Wildman–Crippen LogP) is 0.504. The van der Waals surface area contributed by atoms with E-state index in [2.05, 4.69) is 16.0 Å². The molecule has 0 spiro atoms. The summed E-state index contributed by atoms with van der Waals surface area (Å²) < 4.78 is 0. The van der Waals surface area contributed by atoms with Crippen molar-refractivity contribution in [2.45, 2.75) is 51.1 Å². The van der Waals surface area contributed by atoms with Crippen LogP contribution in [0.15, 0.2) is 0 Å². The van der Waals surface area contributed by atoms with E-state index in [1.54, 1.807) is 0 Å². The second-order valence-electron chi connectivity index (χ2n) is 4.76. The molecule has 0 aromatic heterocycles. The van der Waals surface area contributed by atoms with Crippen molar-refractivity contribution in [1.29, 1.82) is 0 Å². The van der Waals surface area contributed by atoms with Crippen molar-refractivity contribution >= 4 is 24.3 Å². The van der Waals surface area contributed by atoms with E-state index in [0.717, 1.165) is 38.8 Å². The number of carbonyl (C=O) groups is 2. The highest BCUT2D eigenvalue weighted by atomic mass is 35.5. The number of unbranched alkanes of at least 4 members (excludes halogenated alkanes) is 1. The number of nitrogens with two attached hydrogens (primary N) is 1. The van der Waals surface area contributed by atoms with E-state index >= 15 is 0 Å². The molecule has 2 atom stereocenters. The van der Waals surface area contributed by atoms with Crippen LogP contribution in [0.3, 0.4) is 0 Å². The predicted molar refractivity (Wildman–Crippen MR) is 77.3 cm³/mol. The van der Waals surface area contributed by atoms with Gasteiger partial charge in [-0.25, -0.2) is 4.79 Å². The number of carbonyl (C=O) groups excluding carboxylic acids is 2. The van der Waals surface area contributed by atoms with Gasteiger partial charge in [0.05, 0.1) is 0 Å². The van der Waals surface area contributed by atoms with Gasteiger partial charge in [0, 0.05) is 12.6 Å². The summed E-state index contributed by atoms with van der Waals surface area (Å²) in [6.45, 7) is 3.85. The summed E-state index contributed by atoms with van der Waals surface area (Å²) in [5.41, 5.74) is 5.09. The molecule has 0 aromatic carbocycles. The van der Waals surface area contributed by atoms with Crippen molar-refractivity contribution in [1.82, 2.24) is 16.0 Å². The van der Waals surface area contributed by atoms with Gasteiger partial charge in [0.1, 0.15) is 6.04 Å². The number of nitrogens with one attached hydrogen (secondary N) is 3. The zero-order chi connectivity index (χ0) is 13.4. The average molecular weight is 293 g/mol. The molecule has 1 heterocycles. The molecule has 6 nitrogen and oxygen atoms in total. The van der Waals surface area contributed by atoms with Gasteiger partial charge in [0.2, 0.25) is 5.91 Å². The van der Waals surface area contributed by atoms with E-state index in [0.29, 0.717) is 6.42 Å². The van der Waals surface area contributed by atoms with E-state index in [4.69, 9.17) is 5.73 Å². The number of piperidine rings is 1. The Kier molecular flexibility index (Phi) is 9.34. The minimum absolute atomic E-state index is 0. The molecule has 0 bridgehead atoms. The largest absolute Gasteiger partial charge is 0.352 e. The Morgan fingerprint density at radius 1 is 1.47 bits per heavy atom. The van der Waals surface area contributed by atoms with Gasteiger partial charge in [-0.15, -0.1) is 12.4 Å². The summed E-state index contributed by atoms with van der Waals surface area (Å²) in [7, 11) is 0. The number of hydrogen-bond acceptors (Lipinski definition) is 3. The second kappa shape index (κ2) is 9.86. The molecule has 1 fully saturated rings. The molecular formula is C12H25ClN4O2. The van der Waals surface area contributed by atoms with Crippen molar-refractivity contribution in [2.24, 2.45) is 5.73 Å². The third-order valence-electron chi connectivity index (χ3n) is 3.12. The number of halogens is 1. The molecule has 0 aliphatic carbocycles. The van der Waals surface area contributed by atoms with Crippen molar-refractivity contribution in [3.05, 3.63) is 0 Å². The molecule has 19 heavy (non-hydrogen) atoms. The van der Waals surface area contributed by atoms with Gasteiger partial charge in [0.25, 0.3) is 0 Å². The van der Waals surface area contributed by atoms with Crippen LogP contribution < -0.4 is 21.7 Å². The fourth-order valence-electron chi connectivity index (χ4n) is 2.13. The Bertz CT molecular complexity index is 283. The Morgan fingerprint density at radius 2 is 2.21 bits per heavy atom. The first-order valence-electron chi connectivity index (χ1n) is 6.70. The topological polar surface area (TPSA) is 96.2 Å². The molecule has 0 radical (unpaired) electrons. The first-order valence-corrected chi connectivity index (χ1v) is 6.70. The van der Waals surface area contributed by atoms with Crippen molar-refractivity contribution < 1.29 is 9.59 Å². The van der Waals surface area contributed by atoms with Crippen LogP contribution in [0.2, 0.25) is 0 Å². The number of amides is 3. The van der Waals surface area contributed by atoms with Gasteiger partial charge in [0.15, 0.2) is 0 Å². The van der Waals surface area contributed by atoms with Crippen LogP contribution in [-0.4, -0.2) is 37.1 Å². The zero-order valence-corrected chi connectivity index (χ0v) is 12.2. The highest BCUT2D eigenvalue weighted by Gasteiger charge is 2.22. The molecule has 0 aromatic rings. The van der Waals surface area contributed by atoms with Crippen LogP contribution in [0.4, 0.5) is 4.79 Å². The molecule has 1 saturated heterocycles. The summed E-state index contributed by atoms with van der Waals surface area (Å²) in [6, 6.07) is -0.998. The van der Waals surface area contributed by atoms with E-state index in [1.807, 2.05) is 6.92 Å². The molecule has 5 N–H and O–H groups in total. The molecule has 0 saturated carbocycles. The van der Waals surface area contributed by atoms with Gasteiger partial charge in [-0.1, -0.05) is 19.8 Å². The van der Waals surface area contributed by atoms with Crippen molar-refractivity contribution in [3.63, 3.8) is 0 Å². The van der Waals surface area contributed by atoms with Gasteiger partial charge >= 0.3 is 6.03 Å². The van der Waals surface area contributed by atoms with Gasteiger partial charge < -0.3 is 21.7 Å². The quantitative estimate of drug-likeness (QED) is 0.574. The third kappa shape index (κ3) is 7.22. The molecule has 112 valence electrons. The molecule has 3 amide bonds. The molecule has 7 heteroatoms. The van der Waals surface area contributed by atoms with Gasteiger partial charge in [-0.3, -0.25) is 4.79 Å². The molecule has 2 unspecified atom stereocenters. The Morgan fingerprint density at radius 3 is 2.74 bits per heavy atom. The minimum Gasteiger partial charge on any atom is -0.352 e. The van der Waals surface area contributed by atoms with Crippen LogP contribution in [-0.2, 0) is 4.79 Å². The van der Waals surface area contributed by atoms with Crippen LogP contribution >= 0.6 is 12.4 Å². The standard InChI is InChI=1S/C12H24N4O2.ClH/c1-2-3-6-10(16-12(13)18)11(17)15-9-5-4-7-14-8-9;/h9-10,14H,2-8H2,1H3,(H,15,17)(H3,13,16,18);1H. The summed E-state index contributed by atoms with van der Waals surface area (Å²) in [5, 5.41) is 8.71. The lowest BCUT2D eigenvalue weighted by atomic mass is 10.1. The van der Waals surface area contributed by atoms with E-state index < -0.39 is 12.1 Å². The molecule has 1 aliphatic heterocycles. The lowest BCUT2D eigenvalue weighted by Crippen LogP contribution is -2.53. The highest BCUT2D eigenvalue weighted by molar-refractivity contribution is 5.86. The molecule has 1 aliphatic rings.